The number of fused-ring (bicyclic) bond motifs is 12. The van der Waals surface area contributed by atoms with Gasteiger partial charge in [-0.2, -0.15) is 0 Å². The molecule has 0 N–H and O–H groups in total. The Balaban J connectivity index is 1.25. The van der Waals surface area contributed by atoms with Crippen LogP contribution in [0.4, 0.5) is 0 Å². The molecule has 0 spiro atoms. The van der Waals surface area contributed by atoms with Gasteiger partial charge < -0.3 is 9.13 Å². The quantitative estimate of drug-likeness (QED) is 0.170. The fraction of sp³-hybridized carbons (Fsp3) is 0. The van der Waals surface area contributed by atoms with Crippen LogP contribution in [0.5, 0.6) is 0 Å². The van der Waals surface area contributed by atoms with E-state index in [2.05, 4.69) is 22.8 Å². The van der Waals surface area contributed by atoms with Crippen LogP contribution in [-0.2, 0) is 0 Å². The number of thiophene rings is 1. The Kier molecular flexibility index (Phi) is 4.95. The molecule has 0 bridgehead atoms. The molecule has 5 heteroatoms. The monoisotopic (exact) mass is 848 g/mol. The summed E-state index contributed by atoms with van der Waals surface area (Å²) in [7, 11) is 0. The Hall–Kier alpha value is -8.25. The number of hydrogen-bond donors (Lipinski definition) is 0. The number of benzene rings is 9. The lowest BCUT2D eigenvalue weighted by Crippen LogP contribution is -2.05. The fourth-order valence-corrected chi connectivity index (χ4v) is 10.8. The summed E-state index contributed by atoms with van der Waals surface area (Å²) in [6.45, 7) is 0. The summed E-state index contributed by atoms with van der Waals surface area (Å²) in [5.74, 6) is -0.174. The molecule has 0 amide bonds. The van der Waals surface area contributed by atoms with Crippen molar-refractivity contribution in [3.63, 3.8) is 0 Å². The molecule has 4 nitrogen and oxygen atoms in total. The number of pyridine rings is 1. The van der Waals surface area contributed by atoms with Gasteiger partial charge in [0.15, 0.2) is 0 Å². The second-order valence-corrected chi connectivity index (χ2v) is 16.5. The molecule has 14 rings (SSSR count). The summed E-state index contributed by atoms with van der Waals surface area (Å²) in [6.07, 6.45) is 0. The minimum atomic E-state index is -0.664. The second-order valence-electron chi connectivity index (χ2n) is 15.5. The number of nitrogens with zero attached hydrogens (tertiary/aromatic N) is 4. The van der Waals surface area contributed by atoms with Crippen molar-refractivity contribution in [3.05, 3.63) is 218 Å². The van der Waals surface area contributed by atoms with E-state index in [0.717, 1.165) is 47.5 Å². The standard InChI is InChI=1S/C59H36N4S/c1-8-27-49-38(17-1)39-18-2-9-28-50(39)61(49)37-35-48(60-57(36-37)63-53-31-12-5-21-42(53)43-22-6-13-32-54(43)63)58-45(47-26-15-25-46-44-23-7-14-34-56(44)64-59(46)47)24-16-33-55(58)62-51-29-10-3-19-40(51)41-20-4-11-30-52(41)62/h1-36H/i1D,2D,5D,6D,8D,9D,12D,13D,17D,18D,21D,22D,27D,28D,31D,32D. The van der Waals surface area contributed by atoms with E-state index in [4.69, 9.17) is 16.0 Å². The first-order chi connectivity index (χ1) is 38.4. The predicted molar refractivity (Wildman–Crippen MR) is 271 cm³/mol. The van der Waals surface area contributed by atoms with Crippen LogP contribution in [-0.4, -0.2) is 18.7 Å². The maximum atomic E-state index is 9.55. The van der Waals surface area contributed by atoms with Gasteiger partial charge in [-0.25, -0.2) is 4.98 Å². The first-order valence-corrected chi connectivity index (χ1v) is 21.3. The number of hydrogen-bond acceptors (Lipinski definition) is 2. The average Bonchev–Trinajstić information content (AvgIpc) is 3.72. The molecule has 0 aliphatic heterocycles. The molecule has 0 fully saturated rings. The number of rotatable bonds is 5. The molecular weight excluding hydrogens is 797 g/mol. The molecule has 0 aliphatic rings. The van der Waals surface area contributed by atoms with E-state index in [-0.39, 0.29) is 60.8 Å². The van der Waals surface area contributed by atoms with Crippen molar-refractivity contribution in [3.8, 4) is 39.6 Å². The molecule has 0 atom stereocenters. The topological polar surface area (TPSA) is 27.7 Å². The van der Waals surface area contributed by atoms with Gasteiger partial charge in [0.05, 0.1) is 72.1 Å². The van der Waals surface area contributed by atoms with Gasteiger partial charge in [0.25, 0.3) is 0 Å². The fourth-order valence-electron chi connectivity index (χ4n) is 9.56. The van der Waals surface area contributed by atoms with Crippen molar-refractivity contribution in [1.29, 1.82) is 0 Å². The molecule has 0 unspecified atom stereocenters. The lowest BCUT2D eigenvalue weighted by atomic mass is 9.94. The Bertz CT molecular complexity index is 4780. The molecular formula is C59H36N4S. The van der Waals surface area contributed by atoms with Crippen molar-refractivity contribution >= 4 is 96.9 Å². The van der Waals surface area contributed by atoms with Crippen molar-refractivity contribution in [2.24, 2.45) is 0 Å². The highest BCUT2D eigenvalue weighted by molar-refractivity contribution is 7.26. The Morgan fingerprint density at radius 3 is 1.52 bits per heavy atom. The molecule has 0 saturated carbocycles. The molecule has 14 aromatic rings. The third kappa shape index (κ3) is 5.01. The van der Waals surface area contributed by atoms with Crippen molar-refractivity contribution in [2.75, 3.05) is 0 Å². The van der Waals surface area contributed by atoms with Crippen molar-refractivity contribution < 1.29 is 21.9 Å². The highest BCUT2D eigenvalue weighted by Gasteiger charge is 2.24. The second kappa shape index (κ2) is 13.6. The van der Waals surface area contributed by atoms with Gasteiger partial charge in [-0.1, -0.05) is 157 Å². The van der Waals surface area contributed by atoms with E-state index in [9.17, 15) is 11.0 Å². The van der Waals surface area contributed by atoms with Crippen LogP contribution in [0.2, 0.25) is 0 Å². The summed E-state index contributed by atoms with van der Waals surface area (Å²) in [6, 6.07) is 29.1. The summed E-state index contributed by atoms with van der Waals surface area (Å²) >= 11 is 1.60. The first kappa shape index (κ1) is 23.3. The molecule has 5 aromatic heterocycles. The SMILES string of the molecule is [2H]c1c([2H])c([2H])c2c(c1[2H])c1c([2H])c([2H])c([2H])c([2H])c1n2-c1cc(-c2c(-c3cccc4c3sc3ccccc34)cccc2-n2c3ccccc3c3ccccc32)nc(-n2c3c([2H])c([2H])c([2H])c([2H])c3c3c([2H])c([2H])c([2H])c([2H])c32)c1. The van der Waals surface area contributed by atoms with Gasteiger partial charge in [-0.15, -0.1) is 11.3 Å². The van der Waals surface area contributed by atoms with E-state index in [1.54, 1.807) is 17.4 Å². The summed E-state index contributed by atoms with van der Waals surface area (Å²) in [4.78, 5) is 5.48. The zero-order chi connectivity index (χ0) is 55.8. The minimum absolute atomic E-state index is 0.0137. The lowest BCUT2D eigenvalue weighted by molar-refractivity contribution is 1.06. The molecule has 0 saturated heterocycles. The highest BCUT2D eigenvalue weighted by Crippen LogP contribution is 2.47. The van der Waals surface area contributed by atoms with E-state index in [0.29, 0.717) is 16.8 Å². The summed E-state index contributed by atoms with van der Waals surface area (Å²) in [5, 5.41) is 3.09. The van der Waals surface area contributed by atoms with Crippen LogP contribution < -0.4 is 0 Å². The largest absolute Gasteiger partial charge is 0.309 e. The summed E-state index contributed by atoms with van der Waals surface area (Å²) in [5.41, 5.74) is 3.46. The highest BCUT2D eigenvalue weighted by atomic mass is 32.1. The van der Waals surface area contributed by atoms with Gasteiger partial charge in [0.2, 0.25) is 0 Å². The van der Waals surface area contributed by atoms with Crippen molar-refractivity contribution in [1.82, 2.24) is 18.7 Å². The predicted octanol–water partition coefficient (Wildman–Crippen LogP) is 16.1. The van der Waals surface area contributed by atoms with Gasteiger partial charge in [-0.05, 0) is 60.1 Å². The minimum Gasteiger partial charge on any atom is -0.309 e. The molecule has 9 aromatic carbocycles. The first-order valence-electron chi connectivity index (χ1n) is 28.5. The third-order valence-electron chi connectivity index (χ3n) is 12.2. The van der Waals surface area contributed by atoms with E-state index >= 15 is 0 Å². The number of aromatic nitrogens is 4. The molecule has 0 aliphatic carbocycles. The lowest BCUT2D eigenvalue weighted by Gasteiger charge is -2.20. The van der Waals surface area contributed by atoms with Gasteiger partial charge >= 0.3 is 0 Å². The third-order valence-corrected chi connectivity index (χ3v) is 13.4. The smallest absolute Gasteiger partial charge is 0.140 e. The Labute approximate surface area is 394 Å². The van der Waals surface area contributed by atoms with Gasteiger partial charge in [0.1, 0.15) is 5.82 Å². The Morgan fingerprint density at radius 1 is 0.391 bits per heavy atom. The maximum absolute atomic E-state index is 9.55. The average molecular weight is 849 g/mol. The Morgan fingerprint density at radius 2 is 0.891 bits per heavy atom. The van der Waals surface area contributed by atoms with E-state index < -0.39 is 96.7 Å². The number of para-hydroxylation sites is 6. The van der Waals surface area contributed by atoms with Crippen LogP contribution in [0.25, 0.3) is 125 Å². The van der Waals surface area contributed by atoms with Crippen LogP contribution in [0.15, 0.2) is 218 Å². The maximum Gasteiger partial charge on any atom is 0.140 e. The molecule has 0 radical (unpaired) electrons. The molecule has 64 heavy (non-hydrogen) atoms. The summed E-state index contributed by atoms with van der Waals surface area (Å²) < 4.78 is 153. The van der Waals surface area contributed by atoms with Crippen molar-refractivity contribution in [2.45, 2.75) is 0 Å². The molecule has 298 valence electrons. The van der Waals surface area contributed by atoms with Crippen LogP contribution in [0, 0.1) is 0 Å². The van der Waals surface area contributed by atoms with Crippen LogP contribution in [0.1, 0.15) is 21.9 Å². The zero-order valence-electron chi connectivity index (χ0n) is 49.2. The normalized spacial score (nSPS) is 15.6. The van der Waals surface area contributed by atoms with E-state index in [1.807, 2.05) is 91.0 Å². The van der Waals surface area contributed by atoms with Gasteiger partial charge in [0, 0.05) is 69.7 Å². The van der Waals surface area contributed by atoms with Crippen LogP contribution in [0.3, 0.4) is 0 Å². The zero-order valence-corrected chi connectivity index (χ0v) is 34.1. The van der Waals surface area contributed by atoms with Crippen LogP contribution >= 0.6 is 11.3 Å². The molecule has 5 heterocycles. The van der Waals surface area contributed by atoms with E-state index in [1.165, 1.54) is 15.2 Å². The van der Waals surface area contributed by atoms with Gasteiger partial charge in [-0.3, -0.25) is 4.57 Å².